The van der Waals surface area contributed by atoms with Crippen LogP contribution in [0.3, 0.4) is 0 Å². The molecule has 3 aliphatic heterocycles. The molecule has 3 heterocycles. The predicted octanol–water partition coefficient (Wildman–Crippen LogP) is 8.27. The van der Waals surface area contributed by atoms with Crippen LogP contribution in [0.15, 0.2) is 123 Å². The van der Waals surface area contributed by atoms with Crippen molar-refractivity contribution in [3.8, 4) is 0 Å². The molecule has 7 rings (SSSR count). The number of fused-ring (bicyclic) bond motifs is 2. The molecule has 4 aliphatic rings. The SMILES string of the molecule is CN1/C(=C/C=C2\CCC/C(=C\C=C3\N(CCCCCC(=O)ON4C(=O)CCC4=O)c4ccc(S(=O)(=O)[O-])cc4C3(C)C)C2=[N+](C)c2ccccc2)C(C)(C)c2cc(S(=O)(=O)[N-]CC[N+](C)(C)C)ccc21. The number of hydrogen-bond acceptors (Lipinski definition) is 11. The van der Waals surface area contributed by atoms with Crippen LogP contribution in [-0.2, 0) is 50.2 Å². The molecule has 3 aromatic carbocycles. The Labute approximate surface area is 413 Å². The third-order valence-corrected chi connectivity index (χ3v) is 16.0. The zero-order valence-corrected chi connectivity index (χ0v) is 43.5. The standard InChI is InChI=1S/C53H66N6O9S2/c1-52(2)42-35-40(69(63,64)54-32-34-59(7,8)9)24-26-44(42)56(6)46(52)28-22-37-17-16-18-38(51(37)55(5)39-19-12-10-13-20-39)23-29-47-53(3,4)43-36-41(70(65,66)67)25-27-45(43)57(47)33-15-11-14-21-50(62)68-58-48(60)30-31-49(58)61/h10,12-13,19-20,22-29,35-36H,11,14-18,21,30-34H2,1-9H3. The van der Waals surface area contributed by atoms with Crippen molar-refractivity contribution in [2.45, 2.75) is 106 Å². The van der Waals surface area contributed by atoms with Crippen molar-refractivity contribution in [2.75, 3.05) is 64.7 Å². The molecule has 0 radical (unpaired) electrons. The van der Waals surface area contributed by atoms with Crippen molar-refractivity contribution in [2.24, 2.45) is 0 Å². The minimum absolute atomic E-state index is 0.0226. The first-order chi connectivity index (χ1) is 32.8. The van der Waals surface area contributed by atoms with Crippen LogP contribution < -0.4 is 9.80 Å². The molecule has 1 saturated carbocycles. The van der Waals surface area contributed by atoms with Crippen LogP contribution in [0.4, 0.5) is 17.1 Å². The van der Waals surface area contributed by atoms with Crippen molar-refractivity contribution < 1.29 is 49.7 Å². The molecule has 374 valence electrons. The number of quaternary nitrogens is 1. The van der Waals surface area contributed by atoms with E-state index in [1.807, 2.05) is 66.3 Å². The van der Waals surface area contributed by atoms with E-state index in [-0.39, 0.29) is 35.6 Å². The molecular weight excluding hydrogens is 929 g/mol. The van der Waals surface area contributed by atoms with Gasteiger partial charge in [-0.2, -0.15) is 4.58 Å². The first-order valence-electron chi connectivity index (χ1n) is 23.9. The fraction of sp³-hybridized carbons (Fsp3) is 0.434. The summed E-state index contributed by atoms with van der Waals surface area (Å²) in [6.45, 7) is 9.58. The highest BCUT2D eigenvalue weighted by atomic mass is 32.2. The largest absolute Gasteiger partial charge is 0.744 e. The summed E-state index contributed by atoms with van der Waals surface area (Å²) in [7, 11) is 1.50. The number of nitrogens with zero attached hydrogens (tertiary/aromatic N) is 6. The molecule has 2 amide bonds. The van der Waals surface area contributed by atoms with Crippen molar-refractivity contribution in [1.82, 2.24) is 5.06 Å². The van der Waals surface area contributed by atoms with Gasteiger partial charge in [0, 0.05) is 94.6 Å². The van der Waals surface area contributed by atoms with E-state index in [1.165, 1.54) is 12.1 Å². The van der Waals surface area contributed by atoms with Gasteiger partial charge in [-0.1, -0.05) is 71.0 Å². The topological polar surface area (TPSA) is 179 Å². The Kier molecular flexibility index (Phi) is 15.0. The summed E-state index contributed by atoms with van der Waals surface area (Å²) < 4.78 is 70.6. The molecule has 2 fully saturated rings. The van der Waals surface area contributed by atoms with Crippen LogP contribution in [-0.4, -0.2) is 114 Å². The molecular formula is C53H66N6O9S2. The summed E-state index contributed by atoms with van der Waals surface area (Å²) in [5.41, 5.74) is 8.31. The van der Waals surface area contributed by atoms with Gasteiger partial charge in [0.05, 0.1) is 32.6 Å². The van der Waals surface area contributed by atoms with Gasteiger partial charge >= 0.3 is 5.97 Å². The molecule has 17 heteroatoms. The van der Waals surface area contributed by atoms with Crippen LogP contribution in [0.5, 0.6) is 0 Å². The Morgan fingerprint density at radius 3 is 1.97 bits per heavy atom. The number of hydrogen-bond donors (Lipinski definition) is 0. The van der Waals surface area contributed by atoms with Crippen LogP contribution in [0.25, 0.3) is 4.72 Å². The monoisotopic (exact) mass is 994 g/mol. The van der Waals surface area contributed by atoms with Crippen molar-refractivity contribution in [3.63, 3.8) is 0 Å². The van der Waals surface area contributed by atoms with Gasteiger partial charge in [0.25, 0.3) is 11.8 Å². The maximum Gasteiger partial charge on any atom is 0.333 e. The van der Waals surface area contributed by atoms with E-state index in [0.29, 0.717) is 47.5 Å². The Balaban J connectivity index is 1.21. The Morgan fingerprint density at radius 2 is 1.34 bits per heavy atom. The van der Waals surface area contributed by atoms with E-state index in [4.69, 9.17) is 4.84 Å². The summed E-state index contributed by atoms with van der Waals surface area (Å²) >= 11 is 0. The molecule has 1 aliphatic carbocycles. The van der Waals surface area contributed by atoms with Crippen molar-refractivity contribution >= 4 is 60.7 Å². The van der Waals surface area contributed by atoms with Gasteiger partial charge < -0.3 is 28.4 Å². The number of carbonyl (C=O) groups excluding carboxylic acids is 3. The molecule has 70 heavy (non-hydrogen) atoms. The first-order valence-corrected chi connectivity index (χ1v) is 26.7. The fourth-order valence-electron chi connectivity index (χ4n) is 9.89. The number of amides is 2. The maximum atomic E-state index is 13.4. The zero-order valence-electron chi connectivity index (χ0n) is 41.8. The molecule has 0 spiro atoms. The number of likely N-dealkylation sites (N-methyl/N-ethyl adjacent to an activating group) is 2. The average Bonchev–Trinajstić information content (AvgIpc) is 3.80. The van der Waals surface area contributed by atoms with E-state index in [0.717, 1.165) is 70.1 Å². The third-order valence-electron chi connectivity index (χ3n) is 13.8. The number of allylic oxidation sites excluding steroid dienone is 8. The second kappa shape index (κ2) is 20.2. The highest BCUT2D eigenvalue weighted by Gasteiger charge is 2.42. The molecule has 3 aromatic rings. The maximum absolute atomic E-state index is 13.4. The molecule has 0 N–H and O–H groups in total. The van der Waals surface area contributed by atoms with Gasteiger partial charge in [0.1, 0.15) is 27.2 Å². The lowest BCUT2D eigenvalue weighted by atomic mass is 9.82. The van der Waals surface area contributed by atoms with Crippen LogP contribution in [0, 0.1) is 0 Å². The number of para-hydroxylation sites is 1. The summed E-state index contributed by atoms with van der Waals surface area (Å²) in [4.78, 5) is 45.6. The van der Waals surface area contributed by atoms with Gasteiger partial charge in [-0.3, -0.25) is 9.59 Å². The number of rotatable bonds is 16. The number of carbonyl (C=O) groups is 3. The lowest BCUT2D eigenvalue weighted by molar-refractivity contribution is -0.868. The average molecular weight is 995 g/mol. The second-order valence-electron chi connectivity index (χ2n) is 20.6. The number of sulfonamides is 1. The highest BCUT2D eigenvalue weighted by molar-refractivity contribution is 7.94. The van der Waals surface area contributed by atoms with Gasteiger partial charge in [-0.25, -0.2) is 21.6 Å². The Hall–Kier alpha value is -5.72. The third kappa shape index (κ3) is 11.1. The fourth-order valence-corrected chi connectivity index (χ4v) is 11.4. The van der Waals surface area contributed by atoms with Gasteiger partial charge in [-0.15, -0.1) is 5.06 Å². The molecule has 15 nitrogen and oxygen atoms in total. The van der Waals surface area contributed by atoms with Crippen LogP contribution >= 0.6 is 0 Å². The highest BCUT2D eigenvalue weighted by Crippen LogP contribution is 2.50. The number of unbranched alkanes of at least 4 members (excludes halogenated alkanes) is 2. The second-order valence-corrected chi connectivity index (χ2v) is 23.6. The minimum Gasteiger partial charge on any atom is -0.744 e. The number of hydroxylamine groups is 2. The molecule has 0 bridgehead atoms. The van der Waals surface area contributed by atoms with Crippen LogP contribution in [0.1, 0.15) is 96.6 Å². The Morgan fingerprint density at radius 1 is 0.771 bits per heavy atom. The minimum atomic E-state index is -4.73. The molecule has 0 atom stereocenters. The molecule has 0 aromatic heterocycles. The quantitative estimate of drug-likeness (QED) is 0.0444. The lowest BCUT2D eigenvalue weighted by Gasteiger charge is -2.29. The first kappa shape index (κ1) is 52.1. The van der Waals surface area contributed by atoms with Crippen molar-refractivity contribution in [3.05, 3.63) is 129 Å². The van der Waals surface area contributed by atoms with Crippen molar-refractivity contribution in [1.29, 1.82) is 0 Å². The molecule has 1 saturated heterocycles. The zero-order chi connectivity index (χ0) is 51.0. The summed E-state index contributed by atoms with van der Waals surface area (Å²) in [5.74, 6) is -1.70. The van der Waals surface area contributed by atoms with E-state index in [2.05, 4.69) is 76.4 Å². The van der Waals surface area contributed by atoms with Gasteiger partial charge in [0.15, 0.2) is 0 Å². The van der Waals surface area contributed by atoms with Crippen LogP contribution in [0.2, 0.25) is 0 Å². The predicted molar refractivity (Wildman–Crippen MR) is 270 cm³/mol. The van der Waals surface area contributed by atoms with E-state index in [1.54, 1.807) is 18.2 Å². The smallest absolute Gasteiger partial charge is 0.333 e. The number of benzene rings is 3. The lowest BCUT2D eigenvalue weighted by Crippen LogP contribution is -2.37. The summed E-state index contributed by atoms with van der Waals surface area (Å²) in [6, 6.07) is 20.0. The van der Waals surface area contributed by atoms with Gasteiger partial charge in [-0.05, 0) is 91.8 Å². The summed E-state index contributed by atoms with van der Waals surface area (Å²) in [5, 5.41) is 0.560. The Bertz CT molecular complexity index is 2950. The van der Waals surface area contributed by atoms with E-state index in [9.17, 15) is 35.8 Å². The number of anilines is 2. The summed E-state index contributed by atoms with van der Waals surface area (Å²) in [6.07, 6.45) is 12.9. The van der Waals surface area contributed by atoms with Gasteiger partial charge in [0.2, 0.25) is 11.4 Å². The normalized spacial score (nSPS) is 21.1. The molecule has 0 unspecified atom stereocenters. The van der Waals surface area contributed by atoms with E-state index < -0.39 is 48.8 Å². The van der Waals surface area contributed by atoms with E-state index >= 15 is 0 Å². The number of imide groups is 1.